The van der Waals surface area contributed by atoms with E-state index in [1.54, 1.807) is 0 Å². The van der Waals surface area contributed by atoms with Gasteiger partial charge in [-0.25, -0.2) is 0 Å². The summed E-state index contributed by atoms with van der Waals surface area (Å²) in [7, 11) is 0. The quantitative estimate of drug-likeness (QED) is 0.724. The lowest BCUT2D eigenvalue weighted by molar-refractivity contribution is 0.220. The van der Waals surface area contributed by atoms with Gasteiger partial charge in [0, 0.05) is 25.2 Å². The van der Waals surface area contributed by atoms with E-state index in [1.807, 2.05) is 30.3 Å². The molecule has 2 bridgehead atoms. The fourth-order valence-corrected chi connectivity index (χ4v) is 4.00. The van der Waals surface area contributed by atoms with Crippen molar-refractivity contribution in [2.75, 3.05) is 18.0 Å². The third-order valence-corrected chi connectivity index (χ3v) is 5.50. The van der Waals surface area contributed by atoms with Gasteiger partial charge in [0.1, 0.15) is 12.4 Å². The van der Waals surface area contributed by atoms with E-state index in [2.05, 4.69) is 38.3 Å². The average Bonchev–Trinajstić information content (AvgIpc) is 3.08. The molecule has 3 aliphatic heterocycles. The van der Waals surface area contributed by atoms with Gasteiger partial charge in [-0.3, -0.25) is 0 Å². The molecule has 0 amide bonds. The zero-order valence-corrected chi connectivity index (χ0v) is 15.2. The van der Waals surface area contributed by atoms with E-state index in [0.29, 0.717) is 24.7 Å². The fourth-order valence-electron chi connectivity index (χ4n) is 3.60. The van der Waals surface area contributed by atoms with Crippen molar-refractivity contribution < 1.29 is 9.15 Å². The summed E-state index contributed by atoms with van der Waals surface area (Å²) < 4.78 is 13.0. The highest BCUT2D eigenvalue weighted by Crippen LogP contribution is 2.36. The molecule has 0 aliphatic carbocycles. The number of hydrogen-bond donors (Lipinski definition) is 1. The maximum absolute atomic E-state index is 6.06. The summed E-state index contributed by atoms with van der Waals surface area (Å²) in [6.07, 6.45) is 1.26. The van der Waals surface area contributed by atoms with Gasteiger partial charge in [0.25, 0.3) is 6.01 Å². The van der Waals surface area contributed by atoms with Crippen molar-refractivity contribution in [3.8, 4) is 5.75 Å². The molecular weight excluding hydrogens is 382 g/mol. The van der Waals surface area contributed by atoms with Gasteiger partial charge >= 0.3 is 0 Å². The van der Waals surface area contributed by atoms with Crippen LogP contribution in [0, 0.1) is 0 Å². The summed E-state index contributed by atoms with van der Waals surface area (Å²) in [5.41, 5.74) is 2.64. The first-order chi connectivity index (χ1) is 12.3. The summed E-state index contributed by atoms with van der Waals surface area (Å²) in [5, 5.41) is 3.53. The number of oxazole rings is 1. The Labute approximate surface area is 154 Å². The van der Waals surface area contributed by atoms with E-state index >= 15 is 0 Å². The predicted octanol–water partition coefficient (Wildman–Crippen LogP) is 3.72. The van der Waals surface area contributed by atoms with Crippen LogP contribution in [0.5, 0.6) is 5.75 Å². The molecule has 6 rings (SSSR count). The number of benzene rings is 2. The first-order valence-electron chi connectivity index (χ1n) is 8.53. The lowest BCUT2D eigenvalue weighted by atomic mass is 9.92. The Balaban J connectivity index is 1.44. The second-order valence-corrected chi connectivity index (χ2v) is 7.55. The van der Waals surface area contributed by atoms with Crippen molar-refractivity contribution in [3.05, 3.63) is 52.5 Å². The molecule has 3 aromatic rings. The van der Waals surface area contributed by atoms with Crippen molar-refractivity contribution in [1.29, 1.82) is 0 Å². The number of nitrogens with one attached hydrogen (secondary N) is 1. The molecule has 0 spiro atoms. The van der Waals surface area contributed by atoms with Crippen molar-refractivity contribution >= 4 is 33.0 Å². The van der Waals surface area contributed by atoms with E-state index < -0.39 is 0 Å². The number of fused-ring (bicyclic) bond motifs is 3. The second-order valence-electron chi connectivity index (χ2n) is 6.70. The summed E-state index contributed by atoms with van der Waals surface area (Å²) in [4.78, 5) is 6.97. The summed E-state index contributed by atoms with van der Waals surface area (Å²) in [6, 6.07) is 15.8. The third kappa shape index (κ3) is 2.79. The lowest BCUT2D eigenvalue weighted by Crippen LogP contribution is -2.67. The van der Waals surface area contributed by atoms with Crippen LogP contribution in [-0.2, 0) is 6.61 Å². The lowest BCUT2D eigenvalue weighted by Gasteiger charge is -2.47. The number of halogens is 1. The Morgan fingerprint density at radius 2 is 1.92 bits per heavy atom. The molecule has 3 fully saturated rings. The first-order valence-corrected chi connectivity index (χ1v) is 9.32. The molecule has 2 aromatic carbocycles. The molecule has 128 valence electrons. The number of rotatable bonds is 4. The summed E-state index contributed by atoms with van der Waals surface area (Å²) in [5.74, 6) is 0.748. The molecule has 2 unspecified atom stereocenters. The van der Waals surface area contributed by atoms with Crippen LogP contribution in [0.1, 0.15) is 12.0 Å². The maximum Gasteiger partial charge on any atom is 0.298 e. The number of ether oxygens (including phenoxy) is 1. The van der Waals surface area contributed by atoms with E-state index in [1.165, 1.54) is 6.42 Å². The molecule has 3 aliphatic rings. The van der Waals surface area contributed by atoms with Gasteiger partial charge in [-0.2, -0.15) is 4.98 Å². The van der Waals surface area contributed by atoms with Gasteiger partial charge in [0.2, 0.25) is 0 Å². The normalized spacial score (nSPS) is 22.0. The molecule has 4 heterocycles. The van der Waals surface area contributed by atoms with Crippen LogP contribution in [0.3, 0.4) is 0 Å². The number of aromatic nitrogens is 1. The standard InChI is InChI=1S/C19H18BrN3O2/c20-15-6-7-16(24-11-12-4-2-1-3-5-12)17-18(15)25-19(22-17)23-9-13-8-14(10-23)21-13/h1-7,13-14,21H,8-11H2. The van der Waals surface area contributed by atoms with Gasteiger partial charge < -0.3 is 19.4 Å². The van der Waals surface area contributed by atoms with Crippen LogP contribution < -0.4 is 15.0 Å². The Morgan fingerprint density at radius 1 is 1.16 bits per heavy atom. The molecule has 3 saturated heterocycles. The van der Waals surface area contributed by atoms with E-state index in [-0.39, 0.29) is 0 Å². The fraction of sp³-hybridized carbons (Fsp3) is 0.316. The van der Waals surface area contributed by atoms with Crippen molar-refractivity contribution in [2.24, 2.45) is 0 Å². The number of hydrogen-bond acceptors (Lipinski definition) is 5. The smallest absolute Gasteiger partial charge is 0.298 e. The van der Waals surface area contributed by atoms with Crippen LogP contribution in [-0.4, -0.2) is 30.2 Å². The van der Waals surface area contributed by atoms with Gasteiger partial charge in [0.15, 0.2) is 11.1 Å². The van der Waals surface area contributed by atoms with Crippen LogP contribution in [0.15, 0.2) is 51.4 Å². The third-order valence-electron chi connectivity index (χ3n) is 4.88. The van der Waals surface area contributed by atoms with Gasteiger partial charge in [-0.1, -0.05) is 30.3 Å². The highest BCUT2D eigenvalue weighted by atomic mass is 79.9. The highest BCUT2D eigenvalue weighted by Gasteiger charge is 2.38. The highest BCUT2D eigenvalue weighted by molar-refractivity contribution is 9.10. The minimum atomic E-state index is 0.511. The maximum atomic E-state index is 6.06. The number of piperazine rings is 1. The number of nitrogens with zero attached hydrogens (tertiary/aromatic N) is 2. The summed E-state index contributed by atoms with van der Waals surface area (Å²) in [6.45, 7) is 2.40. The zero-order chi connectivity index (χ0) is 16.8. The average molecular weight is 400 g/mol. The van der Waals surface area contributed by atoms with Crippen LogP contribution in [0.2, 0.25) is 0 Å². The number of anilines is 1. The molecule has 1 aromatic heterocycles. The van der Waals surface area contributed by atoms with Crippen LogP contribution in [0.25, 0.3) is 11.1 Å². The van der Waals surface area contributed by atoms with E-state index in [9.17, 15) is 0 Å². The molecule has 0 saturated carbocycles. The van der Waals surface area contributed by atoms with E-state index in [4.69, 9.17) is 14.1 Å². The minimum absolute atomic E-state index is 0.511. The summed E-state index contributed by atoms with van der Waals surface area (Å²) >= 11 is 3.56. The monoisotopic (exact) mass is 399 g/mol. The SMILES string of the molecule is Brc1ccc(OCc2ccccc2)c2nc(N3CC4CC(C3)N4)oc12. The van der Waals surface area contributed by atoms with Crippen molar-refractivity contribution in [1.82, 2.24) is 10.3 Å². The molecule has 25 heavy (non-hydrogen) atoms. The van der Waals surface area contributed by atoms with Crippen molar-refractivity contribution in [3.63, 3.8) is 0 Å². The Hall–Kier alpha value is -2.05. The largest absolute Gasteiger partial charge is 0.486 e. The Bertz CT molecular complexity index is 896. The Kier molecular flexibility index (Phi) is 3.68. The molecule has 2 atom stereocenters. The molecule has 6 heteroatoms. The molecular formula is C19H18BrN3O2. The van der Waals surface area contributed by atoms with Crippen LogP contribution >= 0.6 is 15.9 Å². The molecule has 5 nitrogen and oxygen atoms in total. The van der Waals surface area contributed by atoms with Gasteiger partial charge in [-0.15, -0.1) is 0 Å². The van der Waals surface area contributed by atoms with Gasteiger partial charge in [0.05, 0.1) is 4.47 Å². The first kappa shape index (κ1) is 15.2. The zero-order valence-electron chi connectivity index (χ0n) is 13.6. The van der Waals surface area contributed by atoms with Crippen molar-refractivity contribution in [2.45, 2.75) is 25.1 Å². The van der Waals surface area contributed by atoms with Crippen LogP contribution in [0.4, 0.5) is 6.01 Å². The molecule has 0 radical (unpaired) electrons. The minimum Gasteiger partial charge on any atom is -0.486 e. The Morgan fingerprint density at radius 3 is 2.68 bits per heavy atom. The topological polar surface area (TPSA) is 50.5 Å². The second kappa shape index (κ2) is 6.04. The predicted molar refractivity (Wildman–Crippen MR) is 100 cm³/mol. The number of piperidine rings is 1. The molecule has 1 N–H and O–H groups in total. The van der Waals surface area contributed by atoms with Gasteiger partial charge in [-0.05, 0) is 40.0 Å². The van der Waals surface area contributed by atoms with E-state index in [0.717, 1.165) is 40.0 Å².